The van der Waals surface area contributed by atoms with Gasteiger partial charge in [-0.05, 0) is 35.2 Å². The molecule has 0 unspecified atom stereocenters. The molecule has 0 bridgehead atoms. The van der Waals surface area contributed by atoms with E-state index in [1.54, 1.807) is 24.3 Å². The number of non-ortho nitro benzene ring substituents is 1. The Morgan fingerprint density at radius 2 is 1.63 bits per heavy atom. The molecular weight excluding hydrogens is 568 g/mol. The number of anilines is 1. The van der Waals surface area contributed by atoms with Gasteiger partial charge < -0.3 is 10.2 Å². The van der Waals surface area contributed by atoms with Crippen LogP contribution in [0.1, 0.15) is 25.0 Å². The zero-order valence-electron chi connectivity index (χ0n) is 23.1. The van der Waals surface area contributed by atoms with Gasteiger partial charge in [0.15, 0.2) is 0 Å². The molecule has 0 aliphatic heterocycles. The molecule has 0 radical (unpaired) electrons. The van der Waals surface area contributed by atoms with Crippen LogP contribution in [0.15, 0.2) is 78.9 Å². The molecule has 0 heterocycles. The summed E-state index contributed by atoms with van der Waals surface area (Å²) in [6, 6.07) is 20.0. The molecule has 0 aliphatic carbocycles. The van der Waals surface area contributed by atoms with Gasteiger partial charge in [-0.25, -0.2) is 8.42 Å². The van der Waals surface area contributed by atoms with Gasteiger partial charge in [0.2, 0.25) is 21.8 Å². The predicted molar refractivity (Wildman–Crippen MR) is 159 cm³/mol. The molecular formula is C29H33ClN4O6S. The monoisotopic (exact) mass is 600 g/mol. The third kappa shape index (κ3) is 9.29. The van der Waals surface area contributed by atoms with Crippen molar-refractivity contribution in [3.63, 3.8) is 0 Å². The van der Waals surface area contributed by atoms with Crippen molar-refractivity contribution in [1.29, 1.82) is 0 Å². The van der Waals surface area contributed by atoms with Gasteiger partial charge in [0.05, 0.1) is 16.9 Å². The number of hydrogen-bond donors (Lipinski definition) is 1. The second kappa shape index (κ2) is 14.1. The van der Waals surface area contributed by atoms with Crippen molar-refractivity contribution in [1.82, 2.24) is 10.2 Å². The molecule has 0 spiro atoms. The Hall–Kier alpha value is -3.96. The quantitative estimate of drug-likeness (QED) is 0.228. The Morgan fingerprint density at radius 1 is 0.976 bits per heavy atom. The van der Waals surface area contributed by atoms with E-state index in [0.29, 0.717) is 17.1 Å². The van der Waals surface area contributed by atoms with Crippen molar-refractivity contribution in [2.45, 2.75) is 32.9 Å². The van der Waals surface area contributed by atoms with Crippen LogP contribution in [0.2, 0.25) is 5.02 Å². The first-order valence-electron chi connectivity index (χ1n) is 12.9. The van der Waals surface area contributed by atoms with Crippen LogP contribution in [0.3, 0.4) is 0 Å². The van der Waals surface area contributed by atoms with Gasteiger partial charge in [-0.2, -0.15) is 0 Å². The number of nitro groups is 1. The molecule has 0 saturated heterocycles. The summed E-state index contributed by atoms with van der Waals surface area (Å²) in [4.78, 5) is 39.6. The number of rotatable bonds is 13. The molecule has 0 fully saturated rings. The molecule has 218 valence electrons. The number of carbonyl (C=O) groups is 2. The first-order valence-corrected chi connectivity index (χ1v) is 15.2. The van der Waals surface area contributed by atoms with Crippen LogP contribution >= 0.6 is 11.6 Å². The van der Waals surface area contributed by atoms with Gasteiger partial charge in [0.1, 0.15) is 12.6 Å². The summed E-state index contributed by atoms with van der Waals surface area (Å²) in [6.07, 6.45) is 1.10. The number of nitro benzene ring substituents is 1. The van der Waals surface area contributed by atoms with E-state index in [0.717, 1.165) is 22.2 Å². The zero-order chi connectivity index (χ0) is 30.2. The maximum Gasteiger partial charge on any atom is 0.271 e. The van der Waals surface area contributed by atoms with E-state index in [9.17, 15) is 28.1 Å². The van der Waals surface area contributed by atoms with E-state index in [-0.39, 0.29) is 36.2 Å². The average molecular weight is 601 g/mol. The second-order valence-corrected chi connectivity index (χ2v) is 12.4. The van der Waals surface area contributed by atoms with E-state index in [1.165, 1.54) is 23.1 Å². The number of sulfonamides is 1. The lowest BCUT2D eigenvalue weighted by atomic mass is 10.0. The number of nitrogens with zero attached hydrogens (tertiary/aromatic N) is 3. The molecule has 3 rings (SSSR count). The highest BCUT2D eigenvalue weighted by molar-refractivity contribution is 7.92. The van der Waals surface area contributed by atoms with Gasteiger partial charge in [0, 0.05) is 36.7 Å². The largest absolute Gasteiger partial charge is 0.354 e. The van der Waals surface area contributed by atoms with Crippen molar-refractivity contribution < 1.29 is 22.9 Å². The summed E-state index contributed by atoms with van der Waals surface area (Å²) in [7, 11) is -4.05. The number of nitrogens with one attached hydrogen (secondary N) is 1. The first-order chi connectivity index (χ1) is 19.3. The second-order valence-electron chi connectivity index (χ2n) is 10.0. The number of hydrogen-bond acceptors (Lipinski definition) is 6. The number of carbonyl (C=O) groups excluding carboxylic acids is 2. The van der Waals surface area contributed by atoms with Crippen LogP contribution in [0.5, 0.6) is 0 Å². The highest BCUT2D eigenvalue weighted by Crippen LogP contribution is 2.24. The Bertz CT molecular complexity index is 1470. The van der Waals surface area contributed by atoms with E-state index in [2.05, 4.69) is 5.32 Å². The van der Waals surface area contributed by atoms with Crippen molar-refractivity contribution in [3.8, 4) is 0 Å². The van der Waals surface area contributed by atoms with Crippen LogP contribution in [-0.4, -0.2) is 55.4 Å². The minimum absolute atomic E-state index is 0.00482. The van der Waals surface area contributed by atoms with Gasteiger partial charge in [-0.15, -0.1) is 0 Å². The van der Waals surface area contributed by atoms with Gasteiger partial charge in [-0.3, -0.25) is 24.0 Å². The maximum absolute atomic E-state index is 14.0. The minimum Gasteiger partial charge on any atom is -0.354 e. The normalized spacial score (nSPS) is 12.0. The molecule has 10 nitrogen and oxygen atoms in total. The summed E-state index contributed by atoms with van der Waals surface area (Å²) in [5, 5.41) is 14.7. The van der Waals surface area contributed by atoms with Crippen LogP contribution in [-0.2, 0) is 32.6 Å². The first kappa shape index (κ1) is 31.6. The van der Waals surface area contributed by atoms with Crippen molar-refractivity contribution in [3.05, 3.63) is 105 Å². The number of amides is 2. The highest BCUT2D eigenvalue weighted by atomic mass is 35.5. The van der Waals surface area contributed by atoms with Gasteiger partial charge in [0.25, 0.3) is 5.69 Å². The predicted octanol–water partition coefficient (Wildman–Crippen LogP) is 4.43. The SMILES string of the molecule is CC(C)CNC(=O)[C@H](Cc1ccccc1)N(Cc1ccc(Cl)cc1)C(=O)CN(c1cccc([N+](=O)[O-])c1)S(C)(=O)=O. The Labute approximate surface area is 245 Å². The summed E-state index contributed by atoms with van der Waals surface area (Å²) in [5.74, 6) is -0.880. The summed E-state index contributed by atoms with van der Waals surface area (Å²) in [5.41, 5.74) is 1.13. The lowest BCUT2D eigenvalue weighted by Crippen LogP contribution is -2.53. The summed E-state index contributed by atoms with van der Waals surface area (Å²) in [6.45, 7) is 3.61. The molecule has 3 aromatic rings. The minimum atomic E-state index is -4.05. The molecule has 1 atom stereocenters. The fraction of sp³-hybridized carbons (Fsp3) is 0.310. The van der Waals surface area contributed by atoms with Crippen LogP contribution in [0.25, 0.3) is 0 Å². The van der Waals surface area contributed by atoms with E-state index >= 15 is 0 Å². The molecule has 0 aliphatic rings. The summed E-state index contributed by atoms with van der Waals surface area (Å²) < 4.78 is 26.5. The van der Waals surface area contributed by atoms with Gasteiger partial charge in [-0.1, -0.05) is 74.0 Å². The Balaban J connectivity index is 2.06. The average Bonchev–Trinajstić information content (AvgIpc) is 2.93. The molecule has 1 N–H and O–H groups in total. The van der Waals surface area contributed by atoms with E-state index in [1.807, 2.05) is 44.2 Å². The van der Waals surface area contributed by atoms with Crippen molar-refractivity contribution in [2.75, 3.05) is 23.7 Å². The lowest BCUT2D eigenvalue weighted by Gasteiger charge is -2.33. The maximum atomic E-state index is 14.0. The van der Waals surface area contributed by atoms with Crippen LogP contribution in [0.4, 0.5) is 11.4 Å². The highest BCUT2D eigenvalue weighted by Gasteiger charge is 2.33. The van der Waals surface area contributed by atoms with Crippen molar-refractivity contribution in [2.24, 2.45) is 5.92 Å². The zero-order valence-corrected chi connectivity index (χ0v) is 24.6. The van der Waals surface area contributed by atoms with E-state index < -0.39 is 33.4 Å². The third-order valence-corrected chi connectivity index (χ3v) is 7.62. The number of halogens is 1. The Morgan fingerprint density at radius 3 is 2.22 bits per heavy atom. The fourth-order valence-corrected chi connectivity index (χ4v) is 5.11. The standard InChI is InChI=1S/C29H33ClN4O6S/c1-21(2)18-31-29(36)27(16-22-8-5-4-6-9-22)32(19-23-12-14-24(30)15-13-23)28(35)20-33(41(3,39)40)25-10-7-11-26(17-25)34(37)38/h4-15,17,21,27H,16,18-20H2,1-3H3,(H,31,36)/t27-/m0/s1. The molecule has 3 aromatic carbocycles. The molecule has 0 saturated carbocycles. The fourth-order valence-electron chi connectivity index (χ4n) is 4.14. The number of benzene rings is 3. The van der Waals surface area contributed by atoms with Gasteiger partial charge >= 0.3 is 0 Å². The lowest BCUT2D eigenvalue weighted by molar-refractivity contribution is -0.384. The van der Waals surface area contributed by atoms with Crippen molar-refractivity contribution >= 4 is 44.8 Å². The molecule has 0 aromatic heterocycles. The molecule has 2 amide bonds. The third-order valence-electron chi connectivity index (χ3n) is 6.23. The smallest absolute Gasteiger partial charge is 0.271 e. The molecule has 41 heavy (non-hydrogen) atoms. The molecule has 12 heteroatoms. The van der Waals surface area contributed by atoms with Crippen LogP contribution < -0.4 is 9.62 Å². The topological polar surface area (TPSA) is 130 Å². The van der Waals surface area contributed by atoms with Crippen LogP contribution in [0, 0.1) is 16.0 Å². The summed E-state index contributed by atoms with van der Waals surface area (Å²) >= 11 is 6.06. The van der Waals surface area contributed by atoms with E-state index in [4.69, 9.17) is 11.6 Å². The Kier molecular flexibility index (Phi) is 10.8.